The van der Waals surface area contributed by atoms with Crippen LogP contribution in [0.4, 0.5) is 17.1 Å². The normalized spacial score (nSPS) is 12.8. The van der Waals surface area contributed by atoms with Crippen molar-refractivity contribution in [3.63, 3.8) is 0 Å². The number of benzene rings is 10. The van der Waals surface area contributed by atoms with Gasteiger partial charge in [-0.05, 0) is 108 Å². The summed E-state index contributed by atoms with van der Waals surface area (Å²) >= 11 is 0. The zero-order chi connectivity index (χ0) is 43.7. The molecule has 1 heteroatoms. The van der Waals surface area contributed by atoms with E-state index >= 15 is 0 Å². The van der Waals surface area contributed by atoms with Gasteiger partial charge < -0.3 is 4.90 Å². The maximum Gasteiger partial charge on any atom is 0.0546 e. The van der Waals surface area contributed by atoms with Gasteiger partial charge in [0.1, 0.15) is 0 Å². The van der Waals surface area contributed by atoms with Gasteiger partial charge in [-0.3, -0.25) is 0 Å². The van der Waals surface area contributed by atoms with Crippen molar-refractivity contribution in [2.24, 2.45) is 0 Å². The van der Waals surface area contributed by atoms with Gasteiger partial charge in [0.2, 0.25) is 0 Å². The highest BCUT2D eigenvalue weighted by Gasteiger charge is 2.39. The minimum Gasteiger partial charge on any atom is -0.310 e. The van der Waals surface area contributed by atoms with Gasteiger partial charge >= 0.3 is 0 Å². The predicted molar refractivity (Wildman–Crippen MR) is 274 cm³/mol. The van der Waals surface area contributed by atoms with E-state index in [9.17, 15) is 0 Å². The number of anilines is 3. The lowest BCUT2D eigenvalue weighted by atomic mass is 9.78. The van der Waals surface area contributed by atoms with E-state index < -0.39 is 0 Å². The van der Waals surface area contributed by atoms with Crippen LogP contribution in [0.3, 0.4) is 0 Å². The first kappa shape index (κ1) is 39.8. The predicted octanol–water partition coefficient (Wildman–Crippen LogP) is 17.3. The molecule has 0 bridgehead atoms. The molecule has 310 valence electrons. The fourth-order valence-corrected chi connectivity index (χ4v) is 10.1. The molecular weight excluding hydrogens is 783 g/mol. The molecule has 0 saturated carbocycles. The largest absolute Gasteiger partial charge is 0.310 e. The molecule has 1 unspecified atom stereocenters. The van der Waals surface area contributed by atoms with Crippen molar-refractivity contribution in [2.75, 3.05) is 4.90 Å². The Labute approximate surface area is 383 Å². The molecule has 0 fully saturated rings. The summed E-state index contributed by atoms with van der Waals surface area (Å²) in [4.78, 5) is 2.51. The summed E-state index contributed by atoms with van der Waals surface area (Å²) in [6, 6.07) is 93.6. The molecule has 0 heterocycles. The average Bonchev–Trinajstić information content (AvgIpc) is 3.61. The molecule has 1 atom stereocenters. The summed E-state index contributed by atoms with van der Waals surface area (Å²) in [6.45, 7) is 4.81. The lowest BCUT2D eigenvalue weighted by Crippen LogP contribution is -2.18. The summed E-state index contributed by atoms with van der Waals surface area (Å²) in [5, 5.41) is 0. The monoisotopic (exact) mass is 831 g/mol. The van der Waals surface area contributed by atoms with Gasteiger partial charge in [-0.2, -0.15) is 0 Å². The Morgan fingerprint density at radius 1 is 0.308 bits per heavy atom. The molecule has 0 radical (unpaired) electrons. The molecule has 10 aromatic carbocycles. The van der Waals surface area contributed by atoms with Crippen molar-refractivity contribution in [2.45, 2.75) is 25.2 Å². The van der Waals surface area contributed by atoms with E-state index in [1.807, 2.05) is 0 Å². The zero-order valence-electron chi connectivity index (χ0n) is 36.8. The highest BCUT2D eigenvalue weighted by molar-refractivity contribution is 5.96. The van der Waals surface area contributed by atoms with Crippen LogP contribution in [-0.2, 0) is 5.41 Å². The van der Waals surface area contributed by atoms with Crippen LogP contribution in [0.2, 0.25) is 0 Å². The van der Waals surface area contributed by atoms with Crippen LogP contribution in [0.25, 0.3) is 55.6 Å². The molecule has 0 aliphatic heterocycles. The number of nitrogens with zero attached hydrogens (tertiary/aromatic N) is 1. The molecule has 11 rings (SSSR count). The number of fused-ring (bicyclic) bond motifs is 3. The third-order valence-electron chi connectivity index (χ3n) is 13.4. The first-order chi connectivity index (χ1) is 32.0. The number of rotatable bonds is 10. The summed E-state index contributed by atoms with van der Waals surface area (Å²) in [6.07, 6.45) is 0. The van der Waals surface area contributed by atoms with Crippen LogP contribution in [0.15, 0.2) is 255 Å². The molecule has 1 aliphatic carbocycles. The fourth-order valence-electron chi connectivity index (χ4n) is 10.1. The topological polar surface area (TPSA) is 3.24 Å². The summed E-state index contributed by atoms with van der Waals surface area (Å²) in [5.41, 5.74) is 21.7. The van der Waals surface area contributed by atoms with Gasteiger partial charge in [-0.25, -0.2) is 0 Å². The van der Waals surface area contributed by atoms with Gasteiger partial charge in [-0.1, -0.05) is 238 Å². The molecule has 0 N–H and O–H groups in total. The lowest BCUT2D eigenvalue weighted by Gasteiger charge is -2.32. The molecular formula is C64H49N. The third kappa shape index (κ3) is 7.56. The molecule has 1 nitrogen and oxygen atoms in total. The quantitative estimate of drug-likeness (QED) is 0.124. The van der Waals surface area contributed by atoms with E-state index in [0.717, 1.165) is 11.4 Å². The third-order valence-corrected chi connectivity index (χ3v) is 13.4. The van der Waals surface area contributed by atoms with Gasteiger partial charge in [0.15, 0.2) is 0 Å². The van der Waals surface area contributed by atoms with E-state index in [-0.39, 0.29) is 11.3 Å². The molecule has 1 aliphatic rings. The van der Waals surface area contributed by atoms with Crippen molar-refractivity contribution in [3.8, 4) is 55.6 Å². The van der Waals surface area contributed by atoms with Crippen LogP contribution in [-0.4, -0.2) is 0 Å². The second-order valence-electron chi connectivity index (χ2n) is 17.7. The Morgan fingerprint density at radius 2 is 0.769 bits per heavy atom. The smallest absolute Gasteiger partial charge is 0.0546 e. The molecule has 0 spiro atoms. The molecule has 0 saturated heterocycles. The van der Waals surface area contributed by atoms with Crippen LogP contribution < -0.4 is 4.90 Å². The van der Waals surface area contributed by atoms with E-state index in [4.69, 9.17) is 0 Å². The maximum atomic E-state index is 2.53. The first-order valence-corrected chi connectivity index (χ1v) is 22.7. The Kier molecular flexibility index (Phi) is 10.4. The van der Waals surface area contributed by atoms with Crippen LogP contribution in [0.5, 0.6) is 0 Å². The van der Waals surface area contributed by atoms with Gasteiger partial charge in [-0.15, -0.1) is 0 Å². The van der Waals surface area contributed by atoms with E-state index in [0.29, 0.717) is 0 Å². The van der Waals surface area contributed by atoms with Crippen molar-refractivity contribution in [1.29, 1.82) is 0 Å². The van der Waals surface area contributed by atoms with Crippen LogP contribution in [0.1, 0.15) is 47.6 Å². The van der Waals surface area contributed by atoms with Gasteiger partial charge in [0.25, 0.3) is 0 Å². The molecule has 0 aromatic heterocycles. The van der Waals surface area contributed by atoms with E-state index in [1.165, 1.54) is 89.1 Å². The number of hydrogen-bond donors (Lipinski definition) is 0. The lowest BCUT2D eigenvalue weighted by molar-refractivity contribution is 0.659. The summed E-state index contributed by atoms with van der Waals surface area (Å²) < 4.78 is 0. The Bertz CT molecular complexity index is 3240. The van der Waals surface area contributed by atoms with Crippen molar-refractivity contribution < 1.29 is 0 Å². The van der Waals surface area contributed by atoms with Gasteiger partial charge in [0, 0.05) is 28.3 Å². The van der Waals surface area contributed by atoms with Crippen molar-refractivity contribution in [1.82, 2.24) is 0 Å². The van der Waals surface area contributed by atoms with Crippen molar-refractivity contribution in [3.05, 3.63) is 283 Å². The Morgan fingerprint density at radius 3 is 1.35 bits per heavy atom. The second kappa shape index (κ2) is 16.9. The zero-order valence-corrected chi connectivity index (χ0v) is 36.8. The Hall–Kier alpha value is -8.00. The van der Waals surface area contributed by atoms with E-state index in [1.54, 1.807) is 0 Å². The van der Waals surface area contributed by atoms with Crippen molar-refractivity contribution >= 4 is 17.1 Å². The molecule has 0 amide bonds. The molecule has 65 heavy (non-hydrogen) atoms. The SMILES string of the molecule is CC1(C)c2ccccc2-c2c(N(c3ccc(-c4ccccc4)cc3)c3cccc(-c4ccccc4)c3)cc(C(c3ccc(-c4ccccc4)cc3)c3cccc(-c4ccccc4)c3)cc21. The van der Waals surface area contributed by atoms with E-state index in [2.05, 4.69) is 274 Å². The summed E-state index contributed by atoms with van der Waals surface area (Å²) in [7, 11) is 0. The standard InChI is InChI=1S/C64H49N/c1-64(2)59-32-16-15-31-58(59)63-60(64)43-55(62(51-35-33-49(34-36-51)45-19-7-3-8-20-45)54-29-17-27-52(41-54)47-23-11-5-12-24-47)44-61(63)65(56-39-37-50(38-40-56)46-21-9-4-10-22-46)57-30-18-28-53(42-57)48-25-13-6-14-26-48/h3-44,62H,1-2H3. The highest BCUT2D eigenvalue weighted by Crippen LogP contribution is 2.56. The second-order valence-corrected chi connectivity index (χ2v) is 17.7. The maximum absolute atomic E-state index is 2.53. The fraction of sp³-hybridized carbons (Fsp3) is 0.0625. The first-order valence-electron chi connectivity index (χ1n) is 22.7. The van der Waals surface area contributed by atoms with Crippen LogP contribution in [0, 0.1) is 0 Å². The summed E-state index contributed by atoms with van der Waals surface area (Å²) in [5.74, 6) is -0.0648. The highest BCUT2D eigenvalue weighted by atomic mass is 15.1. The molecule has 10 aromatic rings. The number of hydrogen-bond acceptors (Lipinski definition) is 1. The minimum atomic E-state index is -0.251. The van der Waals surface area contributed by atoms with Gasteiger partial charge in [0.05, 0.1) is 5.69 Å². The average molecular weight is 832 g/mol. The van der Waals surface area contributed by atoms with Crippen LogP contribution >= 0.6 is 0 Å². The minimum absolute atomic E-state index is 0.0648. The Balaban J connectivity index is 1.17.